The molecule has 0 unspecified atom stereocenters. The fourth-order valence-electron chi connectivity index (χ4n) is 2.99. The summed E-state index contributed by atoms with van der Waals surface area (Å²) in [5.41, 5.74) is 3.07. The largest absolute Gasteiger partial charge is 0.493 e. The quantitative estimate of drug-likeness (QED) is 0.755. The molecule has 124 valence electrons. The van der Waals surface area contributed by atoms with Crippen molar-refractivity contribution in [3.8, 4) is 22.6 Å². The molecule has 0 saturated carbocycles. The average molecular weight is 325 g/mol. The first-order chi connectivity index (χ1) is 11.7. The molecule has 0 atom stereocenters. The van der Waals surface area contributed by atoms with Gasteiger partial charge >= 0.3 is 0 Å². The minimum absolute atomic E-state index is 0.159. The third kappa shape index (κ3) is 2.68. The highest BCUT2D eigenvalue weighted by molar-refractivity contribution is 6.00. The van der Waals surface area contributed by atoms with E-state index >= 15 is 0 Å². The van der Waals surface area contributed by atoms with Gasteiger partial charge in [0.25, 0.3) is 0 Å². The Bertz CT molecular complexity index is 857. The Morgan fingerprint density at radius 2 is 1.75 bits per heavy atom. The molecule has 0 aliphatic heterocycles. The highest BCUT2D eigenvalue weighted by Gasteiger charge is 2.17. The number of pyridine rings is 1. The van der Waals surface area contributed by atoms with Crippen molar-refractivity contribution in [3.63, 3.8) is 0 Å². The molecular formula is C19H19NO4. The van der Waals surface area contributed by atoms with Crippen LogP contribution in [-0.4, -0.2) is 29.4 Å². The average Bonchev–Trinajstić information content (AvgIpc) is 2.65. The molecule has 0 aliphatic rings. The molecule has 0 bridgehead atoms. The van der Waals surface area contributed by atoms with Crippen LogP contribution in [0.1, 0.15) is 11.1 Å². The second-order valence-electron chi connectivity index (χ2n) is 5.38. The molecule has 0 spiro atoms. The number of methoxy groups -OCH3 is 2. The van der Waals surface area contributed by atoms with E-state index in [0.29, 0.717) is 22.6 Å². The predicted molar refractivity (Wildman–Crippen MR) is 92.1 cm³/mol. The molecule has 0 fully saturated rings. The lowest BCUT2D eigenvalue weighted by Crippen LogP contribution is -2.00. The van der Waals surface area contributed by atoms with Crippen LogP contribution in [0.3, 0.4) is 0 Å². The Morgan fingerprint density at radius 1 is 1.00 bits per heavy atom. The summed E-state index contributed by atoms with van der Waals surface area (Å²) in [4.78, 5) is 4.18. The summed E-state index contributed by atoms with van der Waals surface area (Å²) in [6.07, 6.45) is 3.44. The van der Waals surface area contributed by atoms with Crippen molar-refractivity contribution in [1.29, 1.82) is 0 Å². The lowest BCUT2D eigenvalue weighted by atomic mass is 9.90. The summed E-state index contributed by atoms with van der Waals surface area (Å²) in [6, 6.07) is 9.39. The number of aliphatic hydroxyl groups excluding tert-OH is 2. The van der Waals surface area contributed by atoms with Crippen molar-refractivity contribution in [3.05, 3.63) is 53.9 Å². The fourth-order valence-corrected chi connectivity index (χ4v) is 2.99. The highest BCUT2D eigenvalue weighted by atomic mass is 16.5. The highest BCUT2D eigenvalue weighted by Crippen LogP contribution is 2.40. The van der Waals surface area contributed by atoms with Gasteiger partial charge in [0.05, 0.1) is 27.4 Å². The van der Waals surface area contributed by atoms with Crippen molar-refractivity contribution >= 4 is 10.8 Å². The number of nitrogens with zero attached hydrogens (tertiary/aromatic N) is 1. The van der Waals surface area contributed by atoms with Crippen LogP contribution in [0.5, 0.6) is 11.5 Å². The molecule has 0 amide bonds. The molecule has 0 radical (unpaired) electrons. The minimum atomic E-state index is -0.176. The molecular weight excluding hydrogens is 306 g/mol. The van der Waals surface area contributed by atoms with Crippen LogP contribution in [0.4, 0.5) is 0 Å². The monoisotopic (exact) mass is 325 g/mol. The van der Waals surface area contributed by atoms with Crippen molar-refractivity contribution in [2.45, 2.75) is 13.2 Å². The first-order valence-electron chi connectivity index (χ1n) is 7.56. The standard InChI is InChI=1S/C19H19NO4/c1-23-17-7-13-6-14(10-21)16(11-22)19(12-4-3-5-20-9-12)15(13)8-18(17)24-2/h3-9,21-22H,10-11H2,1-2H3. The number of ether oxygens (including phenoxy) is 2. The first kappa shape index (κ1) is 16.2. The molecule has 0 saturated heterocycles. The van der Waals surface area contributed by atoms with Crippen molar-refractivity contribution in [2.24, 2.45) is 0 Å². The number of aromatic nitrogens is 1. The lowest BCUT2D eigenvalue weighted by molar-refractivity contribution is 0.260. The van der Waals surface area contributed by atoms with Gasteiger partial charge in [-0.3, -0.25) is 4.98 Å². The van der Waals surface area contributed by atoms with Gasteiger partial charge in [-0.2, -0.15) is 0 Å². The van der Waals surface area contributed by atoms with E-state index in [2.05, 4.69) is 4.98 Å². The van der Waals surface area contributed by atoms with Gasteiger partial charge in [0.2, 0.25) is 0 Å². The van der Waals surface area contributed by atoms with Gasteiger partial charge in [0.15, 0.2) is 11.5 Å². The number of hydrogen-bond donors (Lipinski definition) is 2. The van der Waals surface area contributed by atoms with Gasteiger partial charge in [0, 0.05) is 18.0 Å². The number of hydrogen-bond acceptors (Lipinski definition) is 5. The summed E-state index contributed by atoms with van der Waals surface area (Å²) in [5, 5.41) is 21.4. The lowest BCUT2D eigenvalue weighted by Gasteiger charge is -2.18. The van der Waals surface area contributed by atoms with E-state index in [0.717, 1.165) is 21.9 Å². The Morgan fingerprint density at radius 3 is 2.33 bits per heavy atom. The van der Waals surface area contributed by atoms with E-state index in [9.17, 15) is 10.2 Å². The topological polar surface area (TPSA) is 71.8 Å². The maximum atomic E-state index is 9.89. The van der Waals surface area contributed by atoms with Gasteiger partial charge < -0.3 is 19.7 Å². The number of fused-ring (bicyclic) bond motifs is 1. The summed E-state index contributed by atoms with van der Waals surface area (Å²) in [5.74, 6) is 1.22. The molecule has 0 aliphatic carbocycles. The second-order valence-corrected chi connectivity index (χ2v) is 5.38. The summed E-state index contributed by atoms with van der Waals surface area (Å²) < 4.78 is 10.8. The Kier molecular flexibility index (Phi) is 4.64. The van der Waals surface area contributed by atoms with E-state index in [4.69, 9.17) is 9.47 Å². The zero-order valence-corrected chi connectivity index (χ0v) is 13.6. The summed E-state index contributed by atoms with van der Waals surface area (Å²) in [6.45, 7) is -0.335. The molecule has 2 aromatic carbocycles. The number of aliphatic hydroxyl groups is 2. The van der Waals surface area contributed by atoms with Gasteiger partial charge in [0.1, 0.15) is 0 Å². The van der Waals surface area contributed by atoms with Crippen LogP contribution in [-0.2, 0) is 13.2 Å². The van der Waals surface area contributed by atoms with E-state index in [1.165, 1.54) is 0 Å². The molecule has 24 heavy (non-hydrogen) atoms. The van der Waals surface area contributed by atoms with E-state index in [-0.39, 0.29) is 13.2 Å². The zero-order chi connectivity index (χ0) is 17.1. The number of rotatable bonds is 5. The van der Waals surface area contributed by atoms with Gasteiger partial charge in [-0.25, -0.2) is 0 Å². The van der Waals surface area contributed by atoms with E-state index in [1.54, 1.807) is 26.6 Å². The van der Waals surface area contributed by atoms with Crippen molar-refractivity contribution in [2.75, 3.05) is 14.2 Å². The van der Waals surface area contributed by atoms with Crippen molar-refractivity contribution in [1.82, 2.24) is 4.98 Å². The minimum Gasteiger partial charge on any atom is -0.493 e. The van der Waals surface area contributed by atoms with Gasteiger partial charge in [-0.1, -0.05) is 6.07 Å². The SMILES string of the molecule is COc1cc2cc(CO)c(CO)c(-c3cccnc3)c2cc1OC. The van der Waals surface area contributed by atoms with Crippen LogP contribution >= 0.6 is 0 Å². The Labute approximate surface area is 140 Å². The summed E-state index contributed by atoms with van der Waals surface area (Å²) >= 11 is 0. The first-order valence-corrected chi connectivity index (χ1v) is 7.56. The van der Waals surface area contributed by atoms with Gasteiger partial charge in [-0.15, -0.1) is 0 Å². The zero-order valence-electron chi connectivity index (χ0n) is 13.6. The molecule has 1 aromatic heterocycles. The Balaban J connectivity index is 2.44. The van der Waals surface area contributed by atoms with Crippen LogP contribution in [0.25, 0.3) is 21.9 Å². The fraction of sp³-hybridized carbons (Fsp3) is 0.211. The normalized spacial score (nSPS) is 10.8. The Hall–Kier alpha value is -2.63. The van der Waals surface area contributed by atoms with Gasteiger partial charge in [-0.05, 0) is 51.7 Å². The second kappa shape index (κ2) is 6.86. The molecule has 1 heterocycles. The summed E-state index contributed by atoms with van der Waals surface area (Å²) in [7, 11) is 3.17. The van der Waals surface area contributed by atoms with Crippen molar-refractivity contribution < 1.29 is 19.7 Å². The predicted octanol–water partition coefficient (Wildman–Crippen LogP) is 2.90. The molecule has 2 N–H and O–H groups in total. The van der Waals surface area contributed by atoms with Crippen LogP contribution in [0, 0.1) is 0 Å². The van der Waals surface area contributed by atoms with E-state index < -0.39 is 0 Å². The van der Waals surface area contributed by atoms with Crippen LogP contribution in [0.15, 0.2) is 42.7 Å². The maximum Gasteiger partial charge on any atom is 0.161 e. The third-order valence-electron chi connectivity index (χ3n) is 4.12. The van der Waals surface area contributed by atoms with Crippen LogP contribution in [0.2, 0.25) is 0 Å². The smallest absolute Gasteiger partial charge is 0.161 e. The third-order valence-corrected chi connectivity index (χ3v) is 4.12. The molecule has 5 heteroatoms. The molecule has 5 nitrogen and oxygen atoms in total. The maximum absolute atomic E-state index is 9.89. The molecule has 3 aromatic rings. The number of benzene rings is 2. The molecule has 3 rings (SSSR count). The van der Waals surface area contributed by atoms with Crippen LogP contribution < -0.4 is 9.47 Å². The van der Waals surface area contributed by atoms with E-state index in [1.807, 2.05) is 30.3 Å².